The molecule has 1 aliphatic rings. The van der Waals surface area contributed by atoms with Crippen molar-refractivity contribution in [3.63, 3.8) is 0 Å². The zero-order valence-electron chi connectivity index (χ0n) is 10.8. The van der Waals surface area contributed by atoms with Crippen molar-refractivity contribution in [2.24, 2.45) is 5.92 Å². The largest absolute Gasteiger partial charge is 0.505 e. The van der Waals surface area contributed by atoms with Gasteiger partial charge in [-0.25, -0.2) is 0 Å². The Morgan fingerprint density at radius 1 is 1.42 bits per heavy atom. The number of aliphatic hydroxyl groups is 1. The third-order valence-electron chi connectivity index (χ3n) is 3.62. The molecule has 0 aromatic heterocycles. The minimum atomic E-state index is -0.329. The van der Waals surface area contributed by atoms with Crippen molar-refractivity contribution in [1.29, 1.82) is 0 Å². The van der Waals surface area contributed by atoms with Gasteiger partial charge >= 0.3 is 0 Å². The maximum Gasteiger partial charge on any atom is 0.255 e. The number of rotatable bonds is 3. The number of phenolic OH excluding ortho intramolecular Hbond substituents is 1. The molecule has 1 aromatic carbocycles. The number of amides is 1. The van der Waals surface area contributed by atoms with Crippen LogP contribution in [0.5, 0.6) is 5.75 Å². The van der Waals surface area contributed by atoms with Crippen molar-refractivity contribution in [2.45, 2.75) is 31.8 Å². The Labute approximate surface area is 112 Å². The normalized spacial score (nSPS) is 23.0. The summed E-state index contributed by atoms with van der Waals surface area (Å²) in [5.74, 6) is -0.204. The van der Waals surface area contributed by atoms with Gasteiger partial charge in [0, 0.05) is 6.54 Å². The topological polar surface area (TPSA) is 95.6 Å². The highest BCUT2D eigenvalue weighted by Crippen LogP contribution is 2.25. The van der Waals surface area contributed by atoms with Crippen LogP contribution < -0.4 is 11.1 Å². The fraction of sp³-hybridized carbons (Fsp3) is 0.500. The van der Waals surface area contributed by atoms with Crippen molar-refractivity contribution >= 4 is 11.6 Å². The second-order valence-electron chi connectivity index (χ2n) is 5.14. The van der Waals surface area contributed by atoms with Crippen LogP contribution in [0.1, 0.15) is 36.0 Å². The van der Waals surface area contributed by atoms with E-state index >= 15 is 0 Å². The minimum absolute atomic E-state index is 0.177. The van der Waals surface area contributed by atoms with Gasteiger partial charge in [0.15, 0.2) is 5.75 Å². The number of phenols is 1. The zero-order valence-corrected chi connectivity index (χ0v) is 10.8. The number of benzene rings is 1. The molecule has 2 unspecified atom stereocenters. The summed E-state index contributed by atoms with van der Waals surface area (Å²) >= 11 is 0. The number of anilines is 1. The van der Waals surface area contributed by atoms with E-state index in [1.54, 1.807) is 12.1 Å². The summed E-state index contributed by atoms with van der Waals surface area (Å²) in [6, 6.07) is 4.72. The Hall–Kier alpha value is -1.75. The molecule has 0 radical (unpaired) electrons. The van der Waals surface area contributed by atoms with E-state index in [-0.39, 0.29) is 29.0 Å². The van der Waals surface area contributed by atoms with Crippen molar-refractivity contribution in [3.05, 3.63) is 23.8 Å². The predicted octanol–water partition coefficient (Wildman–Crippen LogP) is 1.26. The molecule has 1 aromatic rings. The molecule has 5 nitrogen and oxygen atoms in total. The summed E-state index contributed by atoms with van der Waals surface area (Å²) < 4.78 is 0. The number of nitrogen functional groups attached to an aromatic ring is 1. The third kappa shape index (κ3) is 3.38. The van der Waals surface area contributed by atoms with Crippen molar-refractivity contribution in [3.8, 4) is 5.75 Å². The second-order valence-corrected chi connectivity index (χ2v) is 5.14. The van der Waals surface area contributed by atoms with E-state index in [0.29, 0.717) is 12.5 Å². The first kappa shape index (κ1) is 13.7. The van der Waals surface area contributed by atoms with Crippen molar-refractivity contribution in [1.82, 2.24) is 5.32 Å². The van der Waals surface area contributed by atoms with E-state index in [1.165, 1.54) is 6.07 Å². The summed E-state index contributed by atoms with van der Waals surface area (Å²) in [4.78, 5) is 12.0. The lowest BCUT2D eigenvalue weighted by Gasteiger charge is -2.25. The first-order valence-corrected chi connectivity index (χ1v) is 6.61. The molecule has 2 atom stereocenters. The predicted molar refractivity (Wildman–Crippen MR) is 72.8 cm³/mol. The molecule has 1 amide bonds. The Balaban J connectivity index is 1.92. The van der Waals surface area contributed by atoms with Crippen LogP contribution in [0.4, 0.5) is 5.69 Å². The second kappa shape index (κ2) is 5.93. The fourth-order valence-electron chi connectivity index (χ4n) is 2.52. The van der Waals surface area contributed by atoms with Gasteiger partial charge in [-0.15, -0.1) is 0 Å². The van der Waals surface area contributed by atoms with E-state index in [1.807, 2.05) is 0 Å². The molecule has 19 heavy (non-hydrogen) atoms. The molecule has 0 heterocycles. The number of aliphatic hydroxyl groups excluding tert-OH is 1. The molecule has 0 saturated heterocycles. The molecule has 0 bridgehead atoms. The van der Waals surface area contributed by atoms with Gasteiger partial charge in [0.2, 0.25) is 0 Å². The van der Waals surface area contributed by atoms with E-state index in [4.69, 9.17) is 5.73 Å². The van der Waals surface area contributed by atoms with Gasteiger partial charge in [-0.2, -0.15) is 0 Å². The molecule has 5 heteroatoms. The molecule has 1 saturated carbocycles. The Kier molecular flexibility index (Phi) is 4.27. The Morgan fingerprint density at radius 3 is 2.95 bits per heavy atom. The summed E-state index contributed by atoms with van der Waals surface area (Å²) in [6.07, 6.45) is 3.33. The first-order chi connectivity index (χ1) is 9.08. The maximum absolute atomic E-state index is 12.0. The number of aromatic hydroxyl groups is 1. The quantitative estimate of drug-likeness (QED) is 0.488. The Morgan fingerprint density at radius 2 is 2.21 bits per heavy atom. The van der Waals surface area contributed by atoms with E-state index < -0.39 is 0 Å². The molecular weight excluding hydrogens is 244 g/mol. The smallest absolute Gasteiger partial charge is 0.255 e. The lowest BCUT2D eigenvalue weighted by Crippen LogP contribution is -2.33. The molecule has 0 spiro atoms. The van der Waals surface area contributed by atoms with Crippen molar-refractivity contribution < 1.29 is 15.0 Å². The molecule has 2 rings (SSSR count). The van der Waals surface area contributed by atoms with Gasteiger partial charge in [-0.05, 0) is 37.3 Å². The first-order valence-electron chi connectivity index (χ1n) is 6.61. The highest BCUT2D eigenvalue weighted by Gasteiger charge is 2.21. The van der Waals surface area contributed by atoms with Gasteiger partial charge in [0.05, 0.1) is 17.4 Å². The van der Waals surface area contributed by atoms with Crippen LogP contribution in [0.25, 0.3) is 0 Å². The van der Waals surface area contributed by atoms with Gasteiger partial charge in [0.25, 0.3) is 5.91 Å². The van der Waals surface area contributed by atoms with E-state index in [0.717, 1.165) is 25.7 Å². The van der Waals surface area contributed by atoms with Crippen LogP contribution in [0, 0.1) is 5.92 Å². The molecule has 5 N–H and O–H groups in total. The molecule has 1 fully saturated rings. The van der Waals surface area contributed by atoms with Crippen LogP contribution >= 0.6 is 0 Å². The fourth-order valence-corrected chi connectivity index (χ4v) is 2.52. The lowest BCUT2D eigenvalue weighted by molar-refractivity contribution is 0.0872. The Bertz CT molecular complexity index is 462. The highest BCUT2D eigenvalue weighted by molar-refractivity contribution is 5.98. The number of nitrogens with two attached hydrogens (primary N) is 1. The number of carbonyl (C=O) groups excluding carboxylic acids is 1. The van der Waals surface area contributed by atoms with Crippen LogP contribution in [0.3, 0.4) is 0 Å². The highest BCUT2D eigenvalue weighted by atomic mass is 16.3. The lowest BCUT2D eigenvalue weighted by atomic mass is 9.87. The third-order valence-corrected chi connectivity index (χ3v) is 3.62. The minimum Gasteiger partial charge on any atom is -0.505 e. The van der Waals surface area contributed by atoms with Crippen LogP contribution in [0.15, 0.2) is 18.2 Å². The molecular formula is C14H20N2O3. The zero-order chi connectivity index (χ0) is 13.8. The van der Waals surface area contributed by atoms with Crippen molar-refractivity contribution in [2.75, 3.05) is 12.3 Å². The molecule has 104 valence electrons. The van der Waals surface area contributed by atoms with Gasteiger partial charge < -0.3 is 21.3 Å². The molecule has 1 aliphatic carbocycles. The number of carbonyl (C=O) groups is 1. The average molecular weight is 264 g/mol. The van der Waals surface area contributed by atoms with Gasteiger partial charge in [-0.1, -0.05) is 12.5 Å². The number of hydrogen-bond donors (Lipinski definition) is 4. The summed E-state index contributed by atoms with van der Waals surface area (Å²) in [5.41, 5.74) is 5.94. The number of nitrogens with one attached hydrogen (secondary N) is 1. The maximum atomic E-state index is 12.0. The average Bonchev–Trinajstić information content (AvgIpc) is 2.39. The monoisotopic (exact) mass is 264 g/mol. The van der Waals surface area contributed by atoms with Gasteiger partial charge in [0.1, 0.15) is 0 Å². The standard InChI is InChI=1S/C14H20N2O3/c15-12-6-2-5-11(13(12)18)14(19)16-8-9-3-1-4-10(17)7-9/h2,5-6,9-10,17-18H,1,3-4,7-8,15H2,(H,16,19). The number of hydrogen-bond acceptors (Lipinski definition) is 4. The number of para-hydroxylation sites is 1. The van der Waals surface area contributed by atoms with Crippen LogP contribution in [0.2, 0.25) is 0 Å². The molecule has 0 aliphatic heterocycles. The van der Waals surface area contributed by atoms with Crippen LogP contribution in [-0.4, -0.2) is 28.8 Å². The van der Waals surface area contributed by atoms with Crippen LogP contribution in [-0.2, 0) is 0 Å². The summed E-state index contributed by atoms with van der Waals surface area (Å²) in [7, 11) is 0. The SMILES string of the molecule is Nc1cccc(C(=O)NCC2CCCC(O)C2)c1O. The summed E-state index contributed by atoms with van der Waals surface area (Å²) in [5, 5.41) is 22.1. The van der Waals surface area contributed by atoms with E-state index in [9.17, 15) is 15.0 Å². The van der Waals surface area contributed by atoms with Gasteiger partial charge in [-0.3, -0.25) is 4.79 Å². The summed E-state index contributed by atoms with van der Waals surface area (Å²) in [6.45, 7) is 0.518. The van der Waals surface area contributed by atoms with E-state index in [2.05, 4.69) is 5.32 Å².